The van der Waals surface area contributed by atoms with Crippen LogP contribution >= 0.6 is 46.4 Å². The molecule has 11 heteroatoms. The van der Waals surface area contributed by atoms with Crippen LogP contribution in [-0.4, -0.2) is 28.2 Å². The molecule has 0 atom stereocenters. The van der Waals surface area contributed by atoms with Crippen LogP contribution in [0.4, 0.5) is 0 Å². The summed E-state index contributed by atoms with van der Waals surface area (Å²) < 4.78 is 11.2. The summed E-state index contributed by atoms with van der Waals surface area (Å²) in [6.45, 7) is 0. The number of phenols is 1. The van der Waals surface area contributed by atoms with E-state index in [1.54, 1.807) is 60.7 Å². The number of fused-ring (bicyclic) bond motifs is 6. The van der Waals surface area contributed by atoms with Gasteiger partial charge in [0.05, 0.1) is 11.1 Å². The van der Waals surface area contributed by atoms with Crippen molar-refractivity contribution >= 4 is 91.5 Å². The number of carbonyl (C=O) groups excluding carboxylic acids is 4. The number of ketones is 4. The van der Waals surface area contributed by atoms with Crippen molar-refractivity contribution < 1.29 is 33.1 Å². The maximum Gasteiger partial charge on any atom is 0.264 e. The Hall–Kier alpha value is -4.14. The molecule has 0 unspecified atom stereocenters. The van der Waals surface area contributed by atoms with Crippen LogP contribution in [-0.2, 0) is 9.59 Å². The van der Waals surface area contributed by atoms with Gasteiger partial charge in [-0.3, -0.25) is 19.2 Å². The number of rotatable bonds is 0. The van der Waals surface area contributed by atoms with Gasteiger partial charge in [-0.05, 0) is 24.3 Å². The molecule has 0 aliphatic heterocycles. The number of furan rings is 2. The lowest BCUT2D eigenvalue weighted by Crippen LogP contribution is -2.17. The number of allylic oxidation sites excluding steroid dienone is 4. The minimum absolute atomic E-state index is 0.0674. The molecule has 0 bridgehead atoms. The van der Waals surface area contributed by atoms with Crippen molar-refractivity contribution in [1.29, 1.82) is 0 Å². The molecule has 41 heavy (non-hydrogen) atoms. The number of hydrogen-bond donors (Lipinski definition) is 1. The summed E-state index contributed by atoms with van der Waals surface area (Å²) in [5.74, 6) is -1.60. The van der Waals surface area contributed by atoms with Crippen LogP contribution in [0.1, 0.15) is 32.2 Å². The third-order valence-electron chi connectivity index (χ3n) is 6.00. The monoisotopic (exact) mass is 626 g/mol. The molecule has 7 rings (SSSR count). The number of hydrogen-bond acceptors (Lipinski definition) is 7. The lowest BCUT2D eigenvalue weighted by atomic mass is 9.90. The predicted molar refractivity (Wildman–Crippen MR) is 155 cm³/mol. The number of Topliss-reactive ketones (excluding diaryl/α,β-unsaturated/α-hetero) is 2. The molecule has 0 radical (unpaired) electrons. The van der Waals surface area contributed by atoms with Gasteiger partial charge in [0.1, 0.15) is 37.0 Å². The van der Waals surface area contributed by atoms with Crippen molar-refractivity contribution in [3.63, 3.8) is 0 Å². The second-order valence-corrected chi connectivity index (χ2v) is 10.0. The lowest BCUT2D eigenvalue weighted by Gasteiger charge is -2.08. The molecule has 0 fully saturated rings. The molecule has 204 valence electrons. The second kappa shape index (κ2) is 11.4. The van der Waals surface area contributed by atoms with Crippen molar-refractivity contribution in [2.45, 2.75) is 0 Å². The highest BCUT2D eigenvalue weighted by atomic mass is 35.5. The standard InChI is InChI=1S/C18H8O4.C6Cl4O2.C6H6O/c19-15-13-9-5-1-3-7-11(9)21-17(13)16(20)18-14(15)10-6-2-4-8-12(10)22-18;7-1-2(8)6(12)4(10)3(9)5(1)11;7-6-4-2-1-3-5-6/h1-8H;;1-5,7H. The van der Waals surface area contributed by atoms with E-state index in [1.165, 1.54) is 0 Å². The molecule has 2 aliphatic carbocycles. The van der Waals surface area contributed by atoms with Gasteiger partial charge in [0, 0.05) is 10.8 Å². The summed E-state index contributed by atoms with van der Waals surface area (Å²) in [6, 6.07) is 23.0. The van der Waals surface area contributed by atoms with Crippen LogP contribution in [0.2, 0.25) is 0 Å². The normalized spacial score (nSPS) is 14.4. The van der Waals surface area contributed by atoms with E-state index < -0.39 is 31.7 Å². The van der Waals surface area contributed by atoms with E-state index in [9.17, 15) is 19.2 Å². The molecule has 0 spiro atoms. The van der Waals surface area contributed by atoms with E-state index in [0.29, 0.717) is 38.8 Å². The molecule has 2 heterocycles. The van der Waals surface area contributed by atoms with Crippen LogP contribution in [0.25, 0.3) is 21.9 Å². The molecule has 1 N–H and O–H groups in total. The maximum absolute atomic E-state index is 12.9. The van der Waals surface area contributed by atoms with Gasteiger partial charge in [-0.25, -0.2) is 0 Å². The number of para-hydroxylation sites is 3. The van der Waals surface area contributed by atoms with Gasteiger partial charge in [-0.2, -0.15) is 0 Å². The van der Waals surface area contributed by atoms with E-state index in [1.807, 2.05) is 18.2 Å². The molecule has 7 nitrogen and oxygen atoms in total. The third kappa shape index (κ3) is 5.09. The highest BCUT2D eigenvalue weighted by molar-refractivity contribution is 6.69. The topological polar surface area (TPSA) is 115 Å². The fourth-order valence-corrected chi connectivity index (χ4v) is 4.93. The first-order valence-corrected chi connectivity index (χ1v) is 13.2. The van der Waals surface area contributed by atoms with Gasteiger partial charge in [0.25, 0.3) is 5.78 Å². The Morgan fingerprint density at radius 1 is 0.463 bits per heavy atom. The van der Waals surface area contributed by atoms with E-state index in [0.717, 1.165) is 0 Å². The predicted octanol–water partition coefficient (Wildman–Crippen LogP) is 7.86. The smallest absolute Gasteiger partial charge is 0.264 e. The number of halogens is 4. The van der Waals surface area contributed by atoms with Crippen LogP contribution in [0, 0.1) is 0 Å². The first-order valence-electron chi connectivity index (χ1n) is 11.7. The minimum Gasteiger partial charge on any atom is -0.508 e. The van der Waals surface area contributed by atoms with Crippen LogP contribution in [0.3, 0.4) is 0 Å². The zero-order chi connectivity index (χ0) is 29.4. The fourth-order valence-electron chi connectivity index (χ4n) is 4.11. The minimum atomic E-state index is -0.729. The van der Waals surface area contributed by atoms with E-state index >= 15 is 0 Å². The molecule has 2 aromatic heterocycles. The van der Waals surface area contributed by atoms with E-state index in [4.69, 9.17) is 60.3 Å². The molecular formula is C30H14Cl4O7. The first-order chi connectivity index (χ1) is 19.6. The Balaban J connectivity index is 0.000000149. The number of phenolic OH excluding ortho intramolecular Hbond substituents is 1. The average molecular weight is 628 g/mol. The third-order valence-corrected chi connectivity index (χ3v) is 7.63. The maximum atomic E-state index is 12.9. The Bertz CT molecular complexity index is 1810. The van der Waals surface area contributed by atoms with Gasteiger partial charge in [0.2, 0.25) is 17.3 Å². The number of aromatic hydroxyl groups is 1. The van der Waals surface area contributed by atoms with Gasteiger partial charge >= 0.3 is 0 Å². The molecule has 3 aromatic carbocycles. The van der Waals surface area contributed by atoms with Crippen molar-refractivity contribution in [1.82, 2.24) is 0 Å². The number of benzene rings is 3. The lowest BCUT2D eigenvalue weighted by molar-refractivity contribution is -0.114. The molecular weight excluding hydrogens is 614 g/mol. The Morgan fingerprint density at radius 3 is 1.20 bits per heavy atom. The van der Waals surface area contributed by atoms with Crippen LogP contribution < -0.4 is 0 Å². The molecule has 5 aromatic rings. The van der Waals surface area contributed by atoms with Gasteiger partial charge < -0.3 is 13.9 Å². The fraction of sp³-hybridized carbons (Fsp3) is 0. The van der Waals surface area contributed by atoms with Crippen molar-refractivity contribution in [2.24, 2.45) is 0 Å². The van der Waals surface area contributed by atoms with Gasteiger partial charge in [-0.15, -0.1) is 0 Å². The Labute approximate surface area is 251 Å². The average Bonchev–Trinajstić information content (AvgIpc) is 3.58. The van der Waals surface area contributed by atoms with Crippen molar-refractivity contribution in [3.05, 3.63) is 122 Å². The van der Waals surface area contributed by atoms with Crippen LogP contribution in [0.5, 0.6) is 5.75 Å². The van der Waals surface area contributed by atoms with Crippen molar-refractivity contribution in [2.75, 3.05) is 0 Å². The molecule has 0 amide bonds. The summed E-state index contributed by atoms with van der Waals surface area (Å²) >= 11 is 21.5. The summed E-state index contributed by atoms with van der Waals surface area (Å²) in [4.78, 5) is 47.6. The highest BCUT2D eigenvalue weighted by Crippen LogP contribution is 2.39. The van der Waals surface area contributed by atoms with E-state index in [2.05, 4.69) is 0 Å². The quantitative estimate of drug-likeness (QED) is 0.170. The van der Waals surface area contributed by atoms with Gasteiger partial charge in [0.15, 0.2) is 11.5 Å². The Kier molecular flexibility index (Phi) is 7.89. The summed E-state index contributed by atoms with van der Waals surface area (Å²) in [5.41, 5.74) is 1.73. The van der Waals surface area contributed by atoms with Gasteiger partial charge in [-0.1, -0.05) is 101 Å². The van der Waals surface area contributed by atoms with Crippen molar-refractivity contribution in [3.8, 4) is 5.75 Å². The first kappa shape index (κ1) is 28.4. The summed E-state index contributed by atoms with van der Waals surface area (Å²) in [5, 5.41) is 8.38. The SMILES string of the molecule is O=C1C(Cl)=C(Cl)C(=O)C(Cl)=C1Cl.O=C1c2oc3ccccc3c2C(=O)c2c1oc1ccccc21.Oc1ccccc1. The number of carbonyl (C=O) groups is 4. The molecule has 2 aliphatic rings. The molecule has 0 saturated heterocycles. The van der Waals surface area contributed by atoms with Crippen LogP contribution in [0.15, 0.2) is 108 Å². The second-order valence-electron chi connectivity index (χ2n) is 8.51. The highest BCUT2D eigenvalue weighted by Gasteiger charge is 2.39. The zero-order valence-electron chi connectivity index (χ0n) is 20.4. The van der Waals surface area contributed by atoms with E-state index in [-0.39, 0.29) is 23.1 Å². The largest absolute Gasteiger partial charge is 0.508 e. The summed E-state index contributed by atoms with van der Waals surface area (Å²) in [6.07, 6.45) is 0. The zero-order valence-corrected chi connectivity index (χ0v) is 23.4. The summed E-state index contributed by atoms with van der Waals surface area (Å²) in [7, 11) is 0. The Morgan fingerprint density at radius 2 is 0.829 bits per heavy atom. The molecule has 0 saturated carbocycles.